The van der Waals surface area contributed by atoms with Crippen molar-refractivity contribution in [3.63, 3.8) is 0 Å². The number of unbranched alkanes of at least 4 members (excludes halogenated alkanes) is 1. The van der Waals surface area contributed by atoms with Crippen LogP contribution in [-0.4, -0.2) is 5.78 Å². The highest BCUT2D eigenvalue weighted by Crippen LogP contribution is 2.14. The van der Waals surface area contributed by atoms with Gasteiger partial charge in [-0.25, -0.2) is 8.78 Å². The van der Waals surface area contributed by atoms with Crippen molar-refractivity contribution in [2.75, 3.05) is 0 Å². The third-order valence-corrected chi connectivity index (χ3v) is 2.21. The van der Waals surface area contributed by atoms with Crippen molar-refractivity contribution in [1.29, 1.82) is 0 Å². The lowest BCUT2D eigenvalue weighted by atomic mass is 10.0. The second-order valence-corrected chi connectivity index (χ2v) is 3.47. The largest absolute Gasteiger partial charge is 0.299 e. The molecule has 1 aromatic carbocycles. The maximum absolute atomic E-state index is 13.2. The first-order valence-corrected chi connectivity index (χ1v) is 5.03. The Bertz CT molecular complexity index is 398. The molecule has 0 aliphatic carbocycles. The van der Waals surface area contributed by atoms with Crippen LogP contribution in [0.15, 0.2) is 18.2 Å². The number of carbonyl (C=O) groups excluding carboxylic acids is 1. The molecule has 0 spiro atoms. The summed E-state index contributed by atoms with van der Waals surface area (Å²) in [6, 6.07) is 3.57. The monoisotopic (exact) mass is 222 g/mol. The van der Waals surface area contributed by atoms with Gasteiger partial charge in [-0.1, -0.05) is 6.07 Å². The molecule has 0 saturated heterocycles. The number of terminal acetylenes is 1. The first-order chi connectivity index (χ1) is 7.65. The fourth-order valence-electron chi connectivity index (χ4n) is 1.37. The third kappa shape index (κ3) is 3.47. The highest BCUT2D eigenvalue weighted by atomic mass is 19.1. The Kier molecular flexibility index (Phi) is 4.65. The van der Waals surface area contributed by atoms with Gasteiger partial charge >= 0.3 is 0 Å². The Balaban J connectivity index is 2.60. The Morgan fingerprint density at radius 1 is 1.31 bits per heavy atom. The van der Waals surface area contributed by atoms with Gasteiger partial charge in [-0.15, -0.1) is 12.3 Å². The van der Waals surface area contributed by atoms with Crippen LogP contribution in [0, 0.1) is 24.0 Å². The van der Waals surface area contributed by atoms with E-state index in [9.17, 15) is 13.6 Å². The molecule has 0 aliphatic heterocycles. The van der Waals surface area contributed by atoms with Crippen molar-refractivity contribution in [2.45, 2.75) is 25.7 Å². The van der Waals surface area contributed by atoms with Gasteiger partial charge in [0.25, 0.3) is 0 Å². The smallest absolute Gasteiger partial charge is 0.137 e. The second-order valence-electron chi connectivity index (χ2n) is 3.47. The van der Waals surface area contributed by atoms with E-state index in [0.717, 1.165) is 12.1 Å². The summed E-state index contributed by atoms with van der Waals surface area (Å²) in [6.07, 6.45) is 6.16. The summed E-state index contributed by atoms with van der Waals surface area (Å²) in [5.41, 5.74) is -0.159. The first kappa shape index (κ1) is 12.4. The number of ketones is 1. The lowest BCUT2D eigenvalue weighted by Gasteiger charge is -2.03. The van der Waals surface area contributed by atoms with Crippen molar-refractivity contribution < 1.29 is 13.6 Å². The lowest BCUT2D eigenvalue weighted by Crippen LogP contribution is -2.06. The number of Topliss-reactive ketones (excluding diaryl/α,β-unsaturated/α-hetero) is 1. The predicted molar refractivity (Wildman–Crippen MR) is 57.8 cm³/mol. The van der Waals surface area contributed by atoms with Gasteiger partial charge in [0.2, 0.25) is 0 Å². The summed E-state index contributed by atoms with van der Waals surface area (Å²) in [7, 11) is 0. The maximum Gasteiger partial charge on any atom is 0.137 e. The summed E-state index contributed by atoms with van der Waals surface area (Å²) in [6.45, 7) is 0. The molecule has 0 heterocycles. The summed E-state index contributed by atoms with van der Waals surface area (Å²) in [5, 5.41) is 0. The summed E-state index contributed by atoms with van der Waals surface area (Å²) >= 11 is 0. The van der Waals surface area contributed by atoms with Crippen LogP contribution < -0.4 is 0 Å². The third-order valence-electron chi connectivity index (χ3n) is 2.21. The molecular formula is C13H12F2O. The van der Waals surface area contributed by atoms with E-state index < -0.39 is 11.6 Å². The second kappa shape index (κ2) is 6.02. The molecule has 1 nitrogen and oxygen atoms in total. The molecule has 84 valence electrons. The van der Waals surface area contributed by atoms with Crippen molar-refractivity contribution in [3.8, 4) is 12.3 Å². The molecule has 0 unspecified atom stereocenters. The zero-order valence-corrected chi connectivity index (χ0v) is 8.80. The standard InChI is InChI=1S/C13H12F2O/c1-2-3-4-6-10(16)9-11-12(14)7-5-8-13(11)15/h1,5,7-8H,3-4,6,9H2. The Morgan fingerprint density at radius 2 is 1.94 bits per heavy atom. The molecule has 0 atom stereocenters. The van der Waals surface area contributed by atoms with Crippen LogP contribution in [-0.2, 0) is 11.2 Å². The van der Waals surface area contributed by atoms with Gasteiger partial charge in [-0.2, -0.15) is 0 Å². The van der Waals surface area contributed by atoms with Crippen LogP contribution in [0.3, 0.4) is 0 Å². The van der Waals surface area contributed by atoms with Gasteiger partial charge in [0.05, 0.1) is 0 Å². The van der Waals surface area contributed by atoms with Crippen LogP contribution in [0.4, 0.5) is 8.78 Å². The van der Waals surface area contributed by atoms with Gasteiger partial charge in [0, 0.05) is 24.8 Å². The van der Waals surface area contributed by atoms with Crippen molar-refractivity contribution >= 4 is 5.78 Å². The van der Waals surface area contributed by atoms with Crippen LogP contribution >= 0.6 is 0 Å². The van der Waals surface area contributed by atoms with Crippen molar-refractivity contribution in [2.24, 2.45) is 0 Å². The SMILES string of the molecule is C#CCCCC(=O)Cc1c(F)cccc1F. The van der Waals surface area contributed by atoms with Gasteiger partial charge in [0.15, 0.2) is 0 Å². The number of hydrogen-bond acceptors (Lipinski definition) is 1. The summed E-state index contributed by atoms with van der Waals surface area (Å²) in [4.78, 5) is 11.4. The maximum atomic E-state index is 13.2. The number of carbonyl (C=O) groups is 1. The first-order valence-electron chi connectivity index (χ1n) is 5.03. The molecule has 0 N–H and O–H groups in total. The normalized spacial score (nSPS) is 9.81. The van der Waals surface area contributed by atoms with Gasteiger partial charge in [0.1, 0.15) is 17.4 Å². The molecule has 3 heteroatoms. The minimum absolute atomic E-state index is 0.159. The van der Waals surface area contributed by atoms with Crippen molar-refractivity contribution in [3.05, 3.63) is 35.4 Å². The van der Waals surface area contributed by atoms with E-state index in [1.807, 2.05) is 0 Å². The number of halogens is 2. The van der Waals surface area contributed by atoms with E-state index >= 15 is 0 Å². The zero-order chi connectivity index (χ0) is 12.0. The molecule has 0 amide bonds. The molecule has 0 aromatic heterocycles. The van der Waals surface area contributed by atoms with E-state index in [1.165, 1.54) is 6.07 Å². The minimum atomic E-state index is -0.676. The Labute approximate surface area is 93.5 Å². The van der Waals surface area contributed by atoms with Gasteiger partial charge < -0.3 is 0 Å². The molecule has 0 radical (unpaired) electrons. The minimum Gasteiger partial charge on any atom is -0.299 e. The summed E-state index contributed by atoms with van der Waals surface area (Å²) < 4.78 is 26.3. The van der Waals surface area contributed by atoms with Crippen LogP contribution in [0.1, 0.15) is 24.8 Å². The highest BCUT2D eigenvalue weighted by Gasteiger charge is 2.12. The number of hydrogen-bond donors (Lipinski definition) is 0. The van der Waals surface area contributed by atoms with Crippen LogP contribution in [0.5, 0.6) is 0 Å². The average molecular weight is 222 g/mol. The van der Waals surface area contributed by atoms with E-state index in [1.54, 1.807) is 0 Å². The molecular weight excluding hydrogens is 210 g/mol. The van der Waals surface area contributed by atoms with E-state index in [2.05, 4.69) is 5.92 Å². The molecule has 0 bridgehead atoms. The quantitative estimate of drug-likeness (QED) is 0.553. The molecule has 16 heavy (non-hydrogen) atoms. The van der Waals surface area contributed by atoms with Crippen LogP contribution in [0.2, 0.25) is 0 Å². The molecule has 1 aromatic rings. The van der Waals surface area contributed by atoms with E-state index in [-0.39, 0.29) is 24.2 Å². The molecule has 0 saturated carbocycles. The fourth-order valence-corrected chi connectivity index (χ4v) is 1.37. The predicted octanol–water partition coefficient (Wildman–Crippen LogP) is 2.88. The van der Waals surface area contributed by atoms with E-state index in [4.69, 9.17) is 6.42 Å². The van der Waals surface area contributed by atoms with Crippen LogP contribution in [0.25, 0.3) is 0 Å². The average Bonchev–Trinajstić information content (AvgIpc) is 2.24. The number of benzene rings is 1. The molecule has 1 rings (SSSR count). The van der Waals surface area contributed by atoms with E-state index in [0.29, 0.717) is 12.8 Å². The highest BCUT2D eigenvalue weighted by molar-refractivity contribution is 5.80. The lowest BCUT2D eigenvalue weighted by molar-refractivity contribution is -0.118. The van der Waals surface area contributed by atoms with Gasteiger partial charge in [-0.3, -0.25) is 4.79 Å². The fraction of sp³-hybridized carbons (Fsp3) is 0.308. The topological polar surface area (TPSA) is 17.1 Å². The van der Waals surface area contributed by atoms with Crippen molar-refractivity contribution in [1.82, 2.24) is 0 Å². The van der Waals surface area contributed by atoms with Gasteiger partial charge in [-0.05, 0) is 18.6 Å². The Morgan fingerprint density at radius 3 is 2.50 bits per heavy atom. The summed E-state index contributed by atoms with van der Waals surface area (Å²) in [5.74, 6) is 0.863. The molecule has 0 fully saturated rings. The molecule has 0 aliphatic rings. The number of rotatable bonds is 5. The zero-order valence-electron chi connectivity index (χ0n) is 8.80. The Hall–Kier alpha value is -1.69.